The number of hydrogen-bond acceptors (Lipinski definition) is 4. The smallest absolute Gasteiger partial charge is 0.340 e. The normalized spacial score (nSPS) is 10.3. The van der Waals surface area contributed by atoms with Gasteiger partial charge in [-0.25, -0.2) is 4.79 Å². The Morgan fingerprint density at radius 1 is 1.42 bits per heavy atom. The van der Waals surface area contributed by atoms with E-state index < -0.39 is 5.97 Å². The molecule has 2 rings (SSSR count). The van der Waals surface area contributed by atoms with Crippen molar-refractivity contribution in [3.8, 4) is 0 Å². The molecule has 0 atom stereocenters. The highest BCUT2D eigenvalue weighted by atomic mass is 127. The fourth-order valence-corrected chi connectivity index (χ4v) is 2.21. The van der Waals surface area contributed by atoms with Crippen molar-refractivity contribution in [2.45, 2.75) is 6.54 Å². The van der Waals surface area contributed by atoms with Crippen molar-refractivity contribution in [1.82, 2.24) is 0 Å². The molecular weight excluding hydrogens is 381 g/mol. The molecule has 0 saturated carbocycles. The van der Waals surface area contributed by atoms with E-state index in [0.29, 0.717) is 22.8 Å². The van der Waals surface area contributed by atoms with Crippen LogP contribution < -0.4 is 5.32 Å². The molecule has 0 unspecified atom stereocenters. The maximum atomic E-state index is 11.7. The molecule has 0 aliphatic heterocycles. The number of anilines is 1. The number of carbonyl (C=O) groups excluding carboxylic acids is 1. The zero-order valence-electron chi connectivity index (χ0n) is 10.1. The number of carbonyl (C=O) groups is 1. The highest BCUT2D eigenvalue weighted by molar-refractivity contribution is 14.1. The molecule has 1 aromatic heterocycles. The van der Waals surface area contributed by atoms with Crippen LogP contribution in [0.1, 0.15) is 16.1 Å². The molecule has 4 nitrogen and oxygen atoms in total. The Hall–Kier alpha value is -1.21. The molecule has 0 aliphatic rings. The molecule has 0 spiro atoms. The lowest BCUT2D eigenvalue weighted by atomic mass is 10.1. The van der Waals surface area contributed by atoms with Crippen LogP contribution in [0.3, 0.4) is 0 Å². The fourth-order valence-electron chi connectivity index (χ4n) is 1.58. The monoisotopic (exact) mass is 391 g/mol. The lowest BCUT2D eigenvalue weighted by Crippen LogP contribution is -2.08. The Labute approximate surface area is 129 Å². The standard InChI is InChI=1S/C13H11ClINO3/c1-18-13(17)10-6-8(14)2-4-11(10)16-7-9-3-5-12(15)19-9/h2-6,16H,7H2,1H3. The molecule has 1 heterocycles. The van der Waals surface area contributed by atoms with Crippen LogP contribution in [-0.4, -0.2) is 13.1 Å². The first-order chi connectivity index (χ1) is 9.10. The molecule has 0 fully saturated rings. The number of rotatable bonds is 4. The molecule has 1 aromatic carbocycles. The van der Waals surface area contributed by atoms with E-state index in [1.54, 1.807) is 18.2 Å². The summed E-state index contributed by atoms with van der Waals surface area (Å²) in [5.74, 6) is 0.356. The summed E-state index contributed by atoms with van der Waals surface area (Å²) >= 11 is 7.98. The minimum atomic E-state index is -0.431. The van der Waals surface area contributed by atoms with Crippen LogP contribution in [0.25, 0.3) is 0 Å². The van der Waals surface area contributed by atoms with Crippen molar-refractivity contribution in [2.24, 2.45) is 0 Å². The number of hydrogen-bond donors (Lipinski definition) is 1. The molecule has 100 valence electrons. The van der Waals surface area contributed by atoms with Gasteiger partial charge in [0.2, 0.25) is 0 Å². The van der Waals surface area contributed by atoms with Gasteiger partial charge in [-0.1, -0.05) is 11.6 Å². The average Bonchev–Trinajstić information content (AvgIpc) is 2.82. The predicted molar refractivity (Wildman–Crippen MR) is 81.5 cm³/mol. The fraction of sp³-hybridized carbons (Fsp3) is 0.154. The summed E-state index contributed by atoms with van der Waals surface area (Å²) in [6.07, 6.45) is 0. The van der Waals surface area contributed by atoms with Gasteiger partial charge in [-0.2, -0.15) is 0 Å². The molecule has 0 bridgehead atoms. The number of benzene rings is 1. The minimum absolute atomic E-state index is 0.399. The Balaban J connectivity index is 2.17. The summed E-state index contributed by atoms with van der Waals surface area (Å²) in [7, 11) is 1.34. The Morgan fingerprint density at radius 3 is 2.84 bits per heavy atom. The number of ether oxygens (including phenoxy) is 1. The molecule has 0 saturated heterocycles. The third-order valence-electron chi connectivity index (χ3n) is 2.47. The van der Waals surface area contributed by atoms with E-state index in [4.69, 9.17) is 20.8 Å². The molecular formula is C13H11ClINO3. The number of halogens is 2. The summed E-state index contributed by atoms with van der Waals surface area (Å²) in [5.41, 5.74) is 1.05. The summed E-state index contributed by atoms with van der Waals surface area (Å²) in [6.45, 7) is 0.481. The largest absolute Gasteiger partial charge is 0.465 e. The molecule has 0 amide bonds. The topological polar surface area (TPSA) is 51.5 Å². The molecule has 2 aromatic rings. The van der Waals surface area contributed by atoms with Gasteiger partial charge in [0.05, 0.1) is 19.2 Å². The number of esters is 1. The van der Waals surface area contributed by atoms with Gasteiger partial charge in [-0.3, -0.25) is 0 Å². The first kappa shape index (κ1) is 14.2. The molecule has 6 heteroatoms. The third kappa shape index (κ3) is 3.63. The van der Waals surface area contributed by atoms with Gasteiger partial charge in [0, 0.05) is 10.7 Å². The lowest BCUT2D eigenvalue weighted by Gasteiger charge is -2.10. The van der Waals surface area contributed by atoms with Crippen molar-refractivity contribution >= 4 is 45.8 Å². The molecule has 19 heavy (non-hydrogen) atoms. The van der Waals surface area contributed by atoms with Gasteiger partial charge < -0.3 is 14.5 Å². The average molecular weight is 392 g/mol. The van der Waals surface area contributed by atoms with E-state index in [9.17, 15) is 4.79 Å². The van der Waals surface area contributed by atoms with Gasteiger partial charge >= 0.3 is 5.97 Å². The van der Waals surface area contributed by atoms with Crippen LogP contribution in [0.2, 0.25) is 5.02 Å². The predicted octanol–water partition coefficient (Wildman–Crippen LogP) is 3.94. The Kier molecular flexibility index (Phi) is 4.71. The zero-order valence-corrected chi connectivity index (χ0v) is 13.0. The van der Waals surface area contributed by atoms with Crippen molar-refractivity contribution in [3.05, 3.63) is 50.4 Å². The van der Waals surface area contributed by atoms with E-state index in [-0.39, 0.29) is 0 Å². The second-order valence-corrected chi connectivity index (χ2v) is 5.24. The molecule has 0 aliphatic carbocycles. The van der Waals surface area contributed by atoms with Crippen LogP contribution in [0.4, 0.5) is 5.69 Å². The number of methoxy groups -OCH3 is 1. The first-order valence-corrected chi connectivity index (χ1v) is 6.92. The van der Waals surface area contributed by atoms with Crippen molar-refractivity contribution in [3.63, 3.8) is 0 Å². The second kappa shape index (κ2) is 6.29. The second-order valence-electron chi connectivity index (χ2n) is 3.74. The lowest BCUT2D eigenvalue weighted by molar-refractivity contribution is 0.0602. The summed E-state index contributed by atoms with van der Waals surface area (Å²) in [4.78, 5) is 11.7. The van der Waals surface area contributed by atoms with E-state index in [1.807, 2.05) is 12.1 Å². The van der Waals surface area contributed by atoms with Gasteiger partial charge in [-0.15, -0.1) is 0 Å². The zero-order chi connectivity index (χ0) is 13.8. The number of nitrogens with one attached hydrogen (secondary N) is 1. The van der Waals surface area contributed by atoms with Gasteiger partial charge in [-0.05, 0) is 52.9 Å². The summed E-state index contributed by atoms with van der Waals surface area (Å²) in [6, 6.07) is 8.77. The van der Waals surface area contributed by atoms with Crippen LogP contribution in [0, 0.1) is 3.77 Å². The molecule has 1 N–H and O–H groups in total. The summed E-state index contributed by atoms with van der Waals surface area (Å²) in [5, 5.41) is 3.61. The van der Waals surface area contributed by atoms with Crippen LogP contribution in [0.5, 0.6) is 0 Å². The molecule has 0 radical (unpaired) electrons. The Bertz CT molecular complexity index is 597. The highest BCUT2D eigenvalue weighted by Gasteiger charge is 2.12. The minimum Gasteiger partial charge on any atom is -0.465 e. The van der Waals surface area contributed by atoms with Crippen molar-refractivity contribution in [2.75, 3.05) is 12.4 Å². The Morgan fingerprint density at radius 2 is 2.21 bits per heavy atom. The van der Waals surface area contributed by atoms with E-state index >= 15 is 0 Å². The quantitative estimate of drug-likeness (QED) is 0.634. The van der Waals surface area contributed by atoms with Crippen LogP contribution in [-0.2, 0) is 11.3 Å². The summed E-state index contributed by atoms with van der Waals surface area (Å²) < 4.78 is 11.0. The number of furan rings is 1. The third-order valence-corrected chi connectivity index (χ3v) is 3.28. The van der Waals surface area contributed by atoms with Gasteiger partial charge in [0.15, 0.2) is 3.77 Å². The van der Waals surface area contributed by atoms with Gasteiger partial charge in [0.25, 0.3) is 0 Å². The first-order valence-electron chi connectivity index (χ1n) is 5.46. The highest BCUT2D eigenvalue weighted by Crippen LogP contribution is 2.22. The van der Waals surface area contributed by atoms with Gasteiger partial charge in [0.1, 0.15) is 5.76 Å². The van der Waals surface area contributed by atoms with E-state index in [0.717, 1.165) is 9.53 Å². The van der Waals surface area contributed by atoms with E-state index in [1.165, 1.54) is 7.11 Å². The van der Waals surface area contributed by atoms with Crippen molar-refractivity contribution in [1.29, 1.82) is 0 Å². The van der Waals surface area contributed by atoms with E-state index in [2.05, 4.69) is 27.9 Å². The van der Waals surface area contributed by atoms with Crippen LogP contribution >= 0.6 is 34.2 Å². The SMILES string of the molecule is COC(=O)c1cc(Cl)ccc1NCc1ccc(I)o1. The van der Waals surface area contributed by atoms with Crippen LogP contribution in [0.15, 0.2) is 34.7 Å². The maximum absolute atomic E-state index is 11.7. The maximum Gasteiger partial charge on any atom is 0.340 e. The van der Waals surface area contributed by atoms with Crippen molar-refractivity contribution < 1.29 is 13.9 Å².